The summed E-state index contributed by atoms with van der Waals surface area (Å²) in [4.78, 5) is 26.5. The number of rotatable bonds is 10. The van der Waals surface area contributed by atoms with E-state index in [1.165, 1.54) is 13.0 Å². The highest BCUT2D eigenvalue weighted by atomic mass is 35.5. The number of imide groups is 1. The van der Waals surface area contributed by atoms with Gasteiger partial charge in [0, 0.05) is 25.0 Å². The van der Waals surface area contributed by atoms with Crippen LogP contribution in [-0.4, -0.2) is 64.0 Å². The van der Waals surface area contributed by atoms with E-state index in [4.69, 9.17) is 21.7 Å². The number of alkyl halides is 9. The van der Waals surface area contributed by atoms with Gasteiger partial charge in [-0.25, -0.2) is 18.8 Å². The first kappa shape index (κ1) is 35.0. The zero-order chi connectivity index (χ0) is 34.1. The second-order valence-corrected chi connectivity index (χ2v) is 9.66. The number of nitrogens with one attached hydrogen (secondary N) is 2. The van der Waals surface area contributed by atoms with Gasteiger partial charge in [0.1, 0.15) is 5.54 Å². The summed E-state index contributed by atoms with van der Waals surface area (Å²) < 4.78 is 130. The first-order chi connectivity index (χ1) is 20.8. The topological polar surface area (TPSA) is 133 Å². The number of amides is 2. The molecule has 244 valence electrons. The molecule has 1 aromatic heterocycles. The summed E-state index contributed by atoms with van der Waals surface area (Å²) in [7, 11) is 0.696. The lowest BCUT2D eigenvalue weighted by Crippen LogP contribution is -2.51. The Balaban J connectivity index is 2.11. The Morgan fingerprint density at radius 2 is 1.82 bits per heavy atom. The zero-order valence-corrected chi connectivity index (χ0v) is 23.5. The molecule has 0 bridgehead atoms. The number of aromatic nitrogens is 2. The minimum Gasteiger partial charge on any atom is -0.449 e. The van der Waals surface area contributed by atoms with Crippen LogP contribution in [0.15, 0.2) is 24.4 Å². The van der Waals surface area contributed by atoms with Crippen molar-refractivity contribution in [1.82, 2.24) is 14.7 Å². The van der Waals surface area contributed by atoms with Crippen LogP contribution in [0.2, 0.25) is 5.02 Å². The second-order valence-electron chi connectivity index (χ2n) is 9.25. The van der Waals surface area contributed by atoms with Gasteiger partial charge in [-0.05, 0) is 37.5 Å². The first-order valence-electron chi connectivity index (χ1n) is 12.3. The van der Waals surface area contributed by atoms with Gasteiger partial charge in [-0.2, -0.15) is 45.5 Å². The predicted molar refractivity (Wildman–Crippen MR) is 137 cm³/mol. The van der Waals surface area contributed by atoms with Gasteiger partial charge < -0.3 is 20.2 Å². The minimum absolute atomic E-state index is 0.0833. The molecule has 3 rings (SSSR count). The number of nitrogens with zero attached hydrogens (tertiary/aromatic N) is 4. The Morgan fingerprint density at radius 1 is 1.22 bits per heavy atom. The van der Waals surface area contributed by atoms with Gasteiger partial charge in [-0.15, -0.1) is 0 Å². The maximum Gasteiger partial charge on any atom is 0.437 e. The Hall–Kier alpha value is -4.47. The van der Waals surface area contributed by atoms with Crippen LogP contribution in [0.1, 0.15) is 41.4 Å². The molecule has 0 atom stereocenters. The monoisotopic (exact) mass is 674 g/mol. The first-order valence-corrected chi connectivity index (χ1v) is 12.7. The summed E-state index contributed by atoms with van der Waals surface area (Å²) in [6.45, 7) is -2.72. The number of hydrogen-bond acceptors (Lipinski definition) is 8. The van der Waals surface area contributed by atoms with Crippen molar-refractivity contribution in [3.05, 3.63) is 46.2 Å². The Bertz CT molecular complexity index is 1550. The Kier molecular flexibility index (Phi) is 9.72. The lowest BCUT2D eigenvalue weighted by atomic mass is 9.99. The van der Waals surface area contributed by atoms with Crippen LogP contribution in [0, 0.1) is 16.7 Å². The molecule has 1 aliphatic rings. The molecule has 2 amide bonds. The maximum absolute atomic E-state index is 14.8. The molecule has 1 saturated carbocycles. The molecule has 1 aromatic carbocycles. The maximum atomic E-state index is 14.8. The van der Waals surface area contributed by atoms with Crippen molar-refractivity contribution in [2.45, 2.75) is 49.9 Å². The quantitative estimate of drug-likeness (QED) is 0.211. The number of ether oxygens (including phenoxy) is 2. The number of hydrogen-bond donors (Lipinski definition) is 2. The van der Waals surface area contributed by atoms with Gasteiger partial charge in [0.2, 0.25) is 0 Å². The van der Waals surface area contributed by atoms with Crippen molar-refractivity contribution >= 4 is 41.2 Å². The highest BCUT2D eigenvalue weighted by molar-refractivity contribution is 6.34. The molecule has 1 fully saturated rings. The molecule has 0 unspecified atom stereocenters. The van der Waals surface area contributed by atoms with Crippen LogP contribution in [0.5, 0.6) is 5.75 Å². The summed E-state index contributed by atoms with van der Waals surface area (Å²) in [5.74, 6) is -4.11. The van der Waals surface area contributed by atoms with E-state index in [9.17, 15) is 54.4 Å². The Morgan fingerprint density at radius 3 is 2.29 bits per heavy atom. The summed E-state index contributed by atoms with van der Waals surface area (Å²) >= 11 is 6.17. The normalized spacial score (nSPS) is 14.9. The van der Waals surface area contributed by atoms with Crippen molar-refractivity contribution in [2.75, 3.05) is 11.9 Å². The lowest BCUT2D eigenvalue weighted by molar-refractivity contribution is -0.350. The number of carbonyl (C=O) groups is 2. The molecule has 0 spiro atoms. The predicted octanol–water partition coefficient (Wildman–Crippen LogP) is 6.72. The van der Waals surface area contributed by atoms with E-state index in [0.717, 1.165) is 12.1 Å². The molecular formula is C25H20ClF9N6O4. The molecule has 20 heteroatoms. The molecule has 0 radical (unpaired) electrons. The van der Waals surface area contributed by atoms with E-state index in [1.54, 1.807) is 0 Å². The van der Waals surface area contributed by atoms with Crippen LogP contribution >= 0.6 is 11.6 Å². The highest BCUT2D eigenvalue weighted by Crippen LogP contribution is 2.56. The van der Waals surface area contributed by atoms with Gasteiger partial charge in [-0.3, -0.25) is 4.79 Å². The smallest absolute Gasteiger partial charge is 0.437 e. The third-order valence-electron chi connectivity index (χ3n) is 6.38. The molecule has 0 aliphatic heterocycles. The number of allylic oxidation sites excluding steroid dienone is 1. The number of anilines is 1. The molecule has 2 aromatic rings. The van der Waals surface area contributed by atoms with E-state index < -0.39 is 59.4 Å². The minimum atomic E-state index is -6.71. The largest absolute Gasteiger partial charge is 0.449 e. The van der Waals surface area contributed by atoms with Crippen LogP contribution < -0.4 is 10.1 Å². The van der Waals surface area contributed by atoms with E-state index in [1.807, 2.05) is 6.07 Å². The zero-order valence-electron chi connectivity index (χ0n) is 22.8. The number of halogens is 10. The van der Waals surface area contributed by atoms with Crippen molar-refractivity contribution in [3.63, 3.8) is 0 Å². The van der Waals surface area contributed by atoms with Crippen LogP contribution in [0.4, 0.5) is 50.1 Å². The summed E-state index contributed by atoms with van der Waals surface area (Å²) in [5.41, 5.74) is -11.1. The van der Waals surface area contributed by atoms with Crippen molar-refractivity contribution < 1.29 is 58.6 Å². The Labute approximate surface area is 252 Å². The molecular weight excluding hydrogens is 655 g/mol. The molecule has 10 nitrogen and oxygen atoms in total. The van der Waals surface area contributed by atoms with Crippen LogP contribution in [0.3, 0.4) is 0 Å². The summed E-state index contributed by atoms with van der Waals surface area (Å²) in [6, 6.07) is 5.24. The van der Waals surface area contributed by atoms with Crippen molar-refractivity contribution in [3.8, 4) is 11.8 Å². The van der Waals surface area contributed by atoms with Crippen LogP contribution in [-0.2, 0) is 17.5 Å². The SMILES string of the molecule is CCOC(=O)N(C(=O)c1cc(/C(C=N)=C/Nc2c(OC(F)F)c(C(F)(C(F)(F)F)C(F)(F)F)nn2C)ccc1Cl)C1(C#N)CC1. The average molecular weight is 675 g/mol. The van der Waals surface area contributed by atoms with E-state index in [-0.39, 0.29) is 45.9 Å². The standard InChI is InChI=1S/C25H20ClF9N6O4/c1-3-44-21(43)41(22(11-37)6-7-22)19(42)14-8-12(4-5-15(14)26)13(9-36)10-38-18-16(45-20(27)28)17(39-40(18)2)23(29,24(30,31)32)25(33,34)35/h4-5,8-10,20,36,38H,3,6-7H2,1-2H3/b13-10+,36-9?. The third kappa shape index (κ3) is 6.50. The molecule has 2 N–H and O–H groups in total. The molecule has 1 heterocycles. The number of aryl methyl sites for hydroxylation is 1. The van der Waals surface area contributed by atoms with Gasteiger partial charge in [-0.1, -0.05) is 17.7 Å². The van der Waals surface area contributed by atoms with Gasteiger partial charge >= 0.3 is 30.7 Å². The summed E-state index contributed by atoms with van der Waals surface area (Å²) in [6.07, 6.45) is -13.0. The number of carbonyl (C=O) groups excluding carboxylic acids is 2. The van der Waals surface area contributed by atoms with Crippen LogP contribution in [0.25, 0.3) is 5.57 Å². The molecule has 0 saturated heterocycles. The van der Waals surface area contributed by atoms with Gasteiger partial charge in [0.15, 0.2) is 17.3 Å². The highest BCUT2D eigenvalue weighted by Gasteiger charge is 2.76. The fourth-order valence-electron chi connectivity index (χ4n) is 4.01. The van der Waals surface area contributed by atoms with Crippen molar-refractivity contribution in [1.29, 1.82) is 10.7 Å². The number of nitriles is 1. The van der Waals surface area contributed by atoms with E-state index in [0.29, 0.717) is 24.4 Å². The van der Waals surface area contributed by atoms with Gasteiger partial charge in [0.25, 0.3) is 5.91 Å². The molecule has 1 aliphatic carbocycles. The number of benzene rings is 1. The second kappa shape index (κ2) is 12.5. The van der Waals surface area contributed by atoms with Crippen molar-refractivity contribution in [2.24, 2.45) is 7.05 Å². The average Bonchev–Trinajstić information content (AvgIpc) is 3.66. The third-order valence-corrected chi connectivity index (χ3v) is 6.71. The summed E-state index contributed by atoms with van der Waals surface area (Å²) in [5, 5.41) is 22.0. The van der Waals surface area contributed by atoms with Gasteiger partial charge in [0.05, 0.1) is 23.3 Å². The fraction of sp³-hybridized carbons (Fsp3) is 0.400. The fourth-order valence-corrected chi connectivity index (χ4v) is 4.20. The lowest BCUT2D eigenvalue weighted by Gasteiger charge is -2.28. The van der Waals surface area contributed by atoms with E-state index in [2.05, 4.69) is 15.2 Å². The molecule has 45 heavy (non-hydrogen) atoms. The van der Waals surface area contributed by atoms with E-state index >= 15 is 0 Å².